The molecule has 2 atom stereocenters. The molecule has 0 spiro atoms. The fourth-order valence-electron chi connectivity index (χ4n) is 3.33. The molecule has 3 rings (SSSR count). The molecule has 0 saturated carbocycles. The number of nitrogens with one attached hydrogen (secondary N) is 2. The van der Waals surface area contributed by atoms with Crippen LogP contribution in [0.3, 0.4) is 0 Å². The van der Waals surface area contributed by atoms with Crippen molar-refractivity contribution >= 4 is 23.0 Å². The fraction of sp³-hybridized carbons (Fsp3) is 0.500. The first-order chi connectivity index (χ1) is 13.9. The maximum Gasteiger partial charge on any atom is 0.255 e. The lowest BCUT2D eigenvalue weighted by molar-refractivity contribution is -0.127. The van der Waals surface area contributed by atoms with E-state index in [1.165, 1.54) is 18.5 Å². The molecule has 156 valence electrons. The van der Waals surface area contributed by atoms with E-state index in [0.29, 0.717) is 55.0 Å². The third-order valence-corrected chi connectivity index (χ3v) is 5.11. The molecule has 0 unspecified atom stereocenters. The van der Waals surface area contributed by atoms with Crippen LogP contribution in [0.1, 0.15) is 43.5 Å². The average molecular weight is 403 g/mol. The van der Waals surface area contributed by atoms with E-state index in [4.69, 9.17) is 4.74 Å². The number of nitrogens with zero attached hydrogens (tertiary/aromatic N) is 3. The highest BCUT2D eigenvalue weighted by molar-refractivity contribution is 6.04. The van der Waals surface area contributed by atoms with Gasteiger partial charge in [0.05, 0.1) is 17.8 Å². The van der Waals surface area contributed by atoms with Crippen molar-refractivity contribution < 1.29 is 18.7 Å². The van der Waals surface area contributed by atoms with Crippen molar-refractivity contribution in [2.45, 2.75) is 51.4 Å². The van der Waals surface area contributed by atoms with Crippen molar-refractivity contribution in [3.8, 4) is 5.88 Å². The number of rotatable bonds is 7. The molecule has 0 bridgehead atoms. The molecule has 1 fully saturated rings. The number of amides is 2. The van der Waals surface area contributed by atoms with E-state index >= 15 is 0 Å². The molecule has 2 N–H and O–H groups in total. The minimum Gasteiger partial charge on any atom is -0.473 e. The molecule has 0 radical (unpaired) electrons. The van der Waals surface area contributed by atoms with Gasteiger partial charge in [-0.15, -0.1) is 0 Å². The summed E-state index contributed by atoms with van der Waals surface area (Å²) in [7, 11) is 0. The predicted molar refractivity (Wildman–Crippen MR) is 106 cm³/mol. The van der Waals surface area contributed by atoms with E-state index in [2.05, 4.69) is 26.8 Å². The molecule has 9 heteroatoms. The van der Waals surface area contributed by atoms with Crippen LogP contribution in [0.25, 0.3) is 11.2 Å². The predicted octanol–water partition coefficient (Wildman–Crippen LogP) is 2.38. The van der Waals surface area contributed by atoms with Crippen molar-refractivity contribution in [1.82, 2.24) is 25.2 Å². The molecule has 1 saturated heterocycles. The number of ether oxygens (including phenoxy) is 1. The number of carbonyl (C=O) groups excluding carboxylic acids is 2. The van der Waals surface area contributed by atoms with Crippen molar-refractivity contribution in [2.75, 3.05) is 13.1 Å². The summed E-state index contributed by atoms with van der Waals surface area (Å²) in [5.41, 5.74) is 1.12. The zero-order valence-corrected chi connectivity index (χ0v) is 16.7. The first-order valence-corrected chi connectivity index (χ1v) is 9.80. The number of aromatic nitrogens is 3. The van der Waals surface area contributed by atoms with Crippen LogP contribution in [0.15, 0.2) is 25.0 Å². The Morgan fingerprint density at radius 1 is 1.48 bits per heavy atom. The number of halogens is 1. The maximum absolute atomic E-state index is 13.8. The fourth-order valence-corrected chi connectivity index (χ4v) is 3.33. The molecule has 29 heavy (non-hydrogen) atoms. The zero-order valence-electron chi connectivity index (χ0n) is 16.7. The second-order valence-corrected chi connectivity index (χ2v) is 7.14. The summed E-state index contributed by atoms with van der Waals surface area (Å²) >= 11 is 0. The molecule has 2 amide bonds. The number of alkyl halides is 1. The van der Waals surface area contributed by atoms with Gasteiger partial charge in [0.25, 0.3) is 5.91 Å². The molecule has 2 aromatic heterocycles. The van der Waals surface area contributed by atoms with Crippen LogP contribution in [0.5, 0.6) is 5.88 Å². The zero-order chi connectivity index (χ0) is 21.0. The van der Waals surface area contributed by atoms with Crippen LogP contribution in [-0.2, 0) is 4.79 Å². The lowest BCUT2D eigenvalue weighted by atomic mass is 10.1. The number of hydrogen-bond donors (Lipinski definition) is 2. The molecular weight excluding hydrogens is 377 g/mol. The molecule has 2 aromatic rings. The Morgan fingerprint density at radius 3 is 2.86 bits per heavy atom. The Labute approximate surface area is 168 Å². The number of likely N-dealkylation sites (tertiary alicyclic amines) is 1. The average Bonchev–Trinajstić information content (AvgIpc) is 3.16. The van der Waals surface area contributed by atoms with Crippen molar-refractivity contribution in [3.63, 3.8) is 0 Å². The van der Waals surface area contributed by atoms with Gasteiger partial charge in [0, 0.05) is 32.1 Å². The summed E-state index contributed by atoms with van der Waals surface area (Å²) in [6, 6.07) is -0.603. The largest absolute Gasteiger partial charge is 0.473 e. The van der Waals surface area contributed by atoms with E-state index in [1.807, 2.05) is 0 Å². The van der Waals surface area contributed by atoms with Crippen molar-refractivity contribution in [1.29, 1.82) is 0 Å². The van der Waals surface area contributed by atoms with Crippen LogP contribution in [0, 0.1) is 0 Å². The number of H-pyrrole nitrogens is 1. The summed E-state index contributed by atoms with van der Waals surface area (Å²) in [6.07, 6.45) is 4.78. The molecule has 1 aliphatic heterocycles. The van der Waals surface area contributed by atoms with E-state index in [1.54, 1.807) is 18.7 Å². The van der Waals surface area contributed by atoms with Gasteiger partial charge >= 0.3 is 0 Å². The molecular formula is C20H26FN5O3. The highest BCUT2D eigenvalue weighted by atomic mass is 19.1. The Hall–Kier alpha value is -2.97. The van der Waals surface area contributed by atoms with Crippen LogP contribution < -0.4 is 10.1 Å². The lowest BCUT2D eigenvalue weighted by Crippen LogP contribution is -2.41. The van der Waals surface area contributed by atoms with Gasteiger partial charge < -0.3 is 19.9 Å². The first-order valence-electron chi connectivity index (χ1n) is 9.80. The smallest absolute Gasteiger partial charge is 0.255 e. The summed E-state index contributed by atoms with van der Waals surface area (Å²) in [5.74, 6) is -0.187. The quantitative estimate of drug-likeness (QED) is 0.692. The Balaban J connectivity index is 1.68. The third kappa shape index (κ3) is 4.72. The van der Waals surface area contributed by atoms with Gasteiger partial charge in [-0.1, -0.05) is 13.5 Å². The van der Waals surface area contributed by atoms with Gasteiger partial charge in [0.1, 0.15) is 17.8 Å². The second kappa shape index (κ2) is 9.02. The van der Waals surface area contributed by atoms with E-state index in [-0.39, 0.29) is 12.0 Å². The number of carbonyl (C=O) groups is 2. The van der Waals surface area contributed by atoms with Crippen LogP contribution in [0.2, 0.25) is 0 Å². The molecule has 1 aliphatic rings. The molecule has 3 heterocycles. The lowest BCUT2D eigenvalue weighted by Gasteiger charge is -2.31. The minimum atomic E-state index is -1.12. The van der Waals surface area contributed by atoms with Crippen LogP contribution >= 0.6 is 0 Å². The highest BCUT2D eigenvalue weighted by Crippen LogP contribution is 2.21. The van der Waals surface area contributed by atoms with Gasteiger partial charge in [-0.05, 0) is 19.4 Å². The summed E-state index contributed by atoms with van der Waals surface area (Å²) in [6.45, 7) is 8.03. The van der Waals surface area contributed by atoms with Crippen molar-refractivity contribution in [2.24, 2.45) is 0 Å². The van der Waals surface area contributed by atoms with Crippen LogP contribution in [-0.4, -0.2) is 63.1 Å². The summed E-state index contributed by atoms with van der Waals surface area (Å²) < 4.78 is 19.7. The first kappa shape index (κ1) is 20.8. The van der Waals surface area contributed by atoms with Gasteiger partial charge in [0.2, 0.25) is 11.8 Å². The molecule has 0 aromatic carbocycles. The van der Waals surface area contributed by atoms with Gasteiger partial charge in [-0.3, -0.25) is 9.59 Å². The number of aromatic amines is 1. The third-order valence-electron chi connectivity index (χ3n) is 5.11. The van der Waals surface area contributed by atoms with E-state index < -0.39 is 18.1 Å². The van der Waals surface area contributed by atoms with Crippen molar-refractivity contribution in [3.05, 3.63) is 30.6 Å². The Morgan fingerprint density at radius 2 is 2.21 bits per heavy atom. The highest BCUT2D eigenvalue weighted by Gasteiger charge is 2.24. The monoisotopic (exact) mass is 403 g/mol. The van der Waals surface area contributed by atoms with E-state index in [9.17, 15) is 14.0 Å². The summed E-state index contributed by atoms with van der Waals surface area (Å²) in [5, 5.41) is 2.66. The molecule has 8 nitrogen and oxygen atoms in total. The molecule has 0 aliphatic carbocycles. The summed E-state index contributed by atoms with van der Waals surface area (Å²) in [4.78, 5) is 37.5. The minimum absolute atomic E-state index is 0.0829. The van der Waals surface area contributed by atoms with Crippen LogP contribution in [0.4, 0.5) is 4.39 Å². The SMILES string of the molecule is C=CC(=O)N1CCC(Oc2cnc3[nH]cc(C(=O)N[C@H](C)[C@@H](F)CC)c3n2)CC1. The topological polar surface area (TPSA) is 100 Å². The standard InChI is InChI=1S/C20H26FN5O3/c1-4-15(21)12(3)24-20(28)14-10-22-19-18(14)25-16(11-23-19)29-13-6-8-26(9-7-13)17(27)5-2/h5,10-13,15H,2,4,6-9H2,1,3H3,(H,22,23)(H,24,28)/t12-,15+/m1/s1. The Bertz CT molecular complexity index is 891. The van der Waals surface area contributed by atoms with Gasteiger partial charge in [-0.2, -0.15) is 0 Å². The van der Waals surface area contributed by atoms with Gasteiger partial charge in [0.15, 0.2) is 5.65 Å². The second-order valence-electron chi connectivity index (χ2n) is 7.14. The normalized spacial score (nSPS) is 17.0. The number of piperidine rings is 1. The maximum atomic E-state index is 13.8. The Kier molecular flexibility index (Phi) is 6.46. The van der Waals surface area contributed by atoms with Gasteiger partial charge in [-0.25, -0.2) is 14.4 Å². The number of hydrogen-bond acceptors (Lipinski definition) is 5. The number of fused-ring (bicyclic) bond motifs is 1. The van der Waals surface area contributed by atoms with E-state index in [0.717, 1.165) is 0 Å².